The summed E-state index contributed by atoms with van der Waals surface area (Å²) in [6.45, 7) is 6.52. The lowest BCUT2D eigenvalue weighted by atomic mass is 9.99. The van der Waals surface area contributed by atoms with Crippen LogP contribution in [0.25, 0.3) is 0 Å². The molecule has 1 saturated heterocycles. The van der Waals surface area contributed by atoms with E-state index in [1.165, 1.54) is 24.6 Å². The van der Waals surface area contributed by atoms with Crippen molar-refractivity contribution in [1.82, 2.24) is 5.32 Å². The third-order valence-corrected chi connectivity index (χ3v) is 5.37. The number of hydrogen-bond donors (Lipinski definition) is 1. The van der Waals surface area contributed by atoms with Gasteiger partial charge in [-0.1, -0.05) is 37.3 Å². The molecule has 1 amide bonds. The van der Waals surface area contributed by atoms with Gasteiger partial charge in [-0.2, -0.15) is 0 Å². The lowest BCUT2D eigenvalue weighted by molar-refractivity contribution is -0.121. The predicted octanol–water partition coefficient (Wildman–Crippen LogP) is 4.87. The molecule has 2 aromatic carbocycles. The summed E-state index contributed by atoms with van der Waals surface area (Å²) >= 11 is 0. The molecule has 1 aliphatic heterocycles. The van der Waals surface area contributed by atoms with Crippen molar-refractivity contribution in [3.8, 4) is 0 Å². The molecule has 1 heterocycles. The van der Waals surface area contributed by atoms with Crippen molar-refractivity contribution in [1.29, 1.82) is 0 Å². The second-order valence-electron chi connectivity index (χ2n) is 7.67. The predicted molar refractivity (Wildman–Crippen MR) is 108 cm³/mol. The Labute approximate surface area is 161 Å². The van der Waals surface area contributed by atoms with Crippen LogP contribution in [0.3, 0.4) is 0 Å². The Balaban J connectivity index is 1.52. The van der Waals surface area contributed by atoms with Crippen molar-refractivity contribution in [3.63, 3.8) is 0 Å². The summed E-state index contributed by atoms with van der Waals surface area (Å²) in [6.07, 6.45) is 3.26. The molecule has 3 rings (SSSR count). The van der Waals surface area contributed by atoms with Crippen LogP contribution in [0.4, 0.5) is 10.1 Å². The Morgan fingerprint density at radius 1 is 1.22 bits per heavy atom. The van der Waals surface area contributed by atoms with E-state index in [1.54, 1.807) is 18.2 Å². The molecular weight excluding hydrogens is 339 g/mol. The normalized spacial score (nSPS) is 18.2. The maximum absolute atomic E-state index is 13.6. The number of nitrogens with zero attached hydrogens (tertiary/aromatic N) is 1. The van der Waals surface area contributed by atoms with Crippen LogP contribution in [0, 0.1) is 11.7 Å². The molecule has 0 spiro atoms. The fourth-order valence-corrected chi connectivity index (χ4v) is 3.74. The fourth-order valence-electron chi connectivity index (χ4n) is 3.74. The Hall–Kier alpha value is -2.36. The zero-order valence-electron chi connectivity index (χ0n) is 16.2. The van der Waals surface area contributed by atoms with Gasteiger partial charge in [0.1, 0.15) is 5.82 Å². The zero-order valence-corrected chi connectivity index (χ0v) is 16.2. The number of nitrogens with one attached hydrogen (secondary N) is 1. The van der Waals surface area contributed by atoms with Crippen LogP contribution in [0.15, 0.2) is 48.5 Å². The van der Waals surface area contributed by atoms with Crippen LogP contribution >= 0.6 is 0 Å². The molecule has 0 unspecified atom stereocenters. The summed E-state index contributed by atoms with van der Waals surface area (Å²) in [5.74, 6) is 0.437. The number of rotatable bonds is 6. The molecule has 0 aromatic heterocycles. The molecule has 1 aliphatic rings. The van der Waals surface area contributed by atoms with Gasteiger partial charge in [-0.15, -0.1) is 0 Å². The number of benzene rings is 2. The summed E-state index contributed by atoms with van der Waals surface area (Å²) in [6, 6.07) is 15.0. The van der Waals surface area contributed by atoms with Crippen LogP contribution in [-0.2, 0) is 11.2 Å². The second-order valence-corrected chi connectivity index (χ2v) is 7.67. The highest BCUT2D eigenvalue weighted by atomic mass is 19.1. The van der Waals surface area contributed by atoms with Gasteiger partial charge in [0, 0.05) is 25.2 Å². The van der Waals surface area contributed by atoms with E-state index in [9.17, 15) is 9.18 Å². The third kappa shape index (κ3) is 5.31. The van der Waals surface area contributed by atoms with Crippen molar-refractivity contribution >= 4 is 11.6 Å². The molecule has 0 bridgehead atoms. The summed E-state index contributed by atoms with van der Waals surface area (Å²) in [4.78, 5) is 14.7. The van der Waals surface area contributed by atoms with Crippen LogP contribution in [-0.4, -0.2) is 19.0 Å². The number of aryl methyl sites for hydroxylation is 1. The van der Waals surface area contributed by atoms with Crippen molar-refractivity contribution in [2.75, 3.05) is 18.0 Å². The number of anilines is 1. The highest BCUT2D eigenvalue weighted by Gasteiger charge is 2.17. The zero-order chi connectivity index (χ0) is 19.2. The van der Waals surface area contributed by atoms with Crippen molar-refractivity contribution in [2.24, 2.45) is 5.92 Å². The maximum atomic E-state index is 13.6. The molecule has 144 valence electrons. The van der Waals surface area contributed by atoms with Crippen LogP contribution < -0.4 is 10.2 Å². The molecule has 4 heteroatoms. The first kappa shape index (κ1) is 19.4. The van der Waals surface area contributed by atoms with E-state index in [-0.39, 0.29) is 24.2 Å². The van der Waals surface area contributed by atoms with Crippen molar-refractivity contribution in [3.05, 3.63) is 65.5 Å². The average molecular weight is 368 g/mol. The Morgan fingerprint density at radius 3 is 2.67 bits per heavy atom. The van der Waals surface area contributed by atoms with E-state index >= 15 is 0 Å². The number of halogens is 1. The third-order valence-electron chi connectivity index (χ3n) is 5.37. The highest BCUT2D eigenvalue weighted by molar-refractivity contribution is 5.76. The molecule has 27 heavy (non-hydrogen) atoms. The van der Waals surface area contributed by atoms with Gasteiger partial charge < -0.3 is 10.2 Å². The van der Waals surface area contributed by atoms with Gasteiger partial charge >= 0.3 is 0 Å². The van der Waals surface area contributed by atoms with Gasteiger partial charge in [0.15, 0.2) is 0 Å². The van der Waals surface area contributed by atoms with Gasteiger partial charge in [0.25, 0.3) is 0 Å². The minimum atomic E-state index is -0.249. The fraction of sp³-hybridized carbons (Fsp3) is 0.435. The Bertz CT molecular complexity index is 759. The monoisotopic (exact) mass is 368 g/mol. The van der Waals surface area contributed by atoms with Gasteiger partial charge in [-0.05, 0) is 61.4 Å². The van der Waals surface area contributed by atoms with Crippen molar-refractivity contribution < 1.29 is 9.18 Å². The molecular formula is C23H29FN2O. The van der Waals surface area contributed by atoms with Gasteiger partial charge in [-0.25, -0.2) is 4.39 Å². The Morgan fingerprint density at radius 2 is 1.96 bits per heavy atom. The quantitative estimate of drug-likeness (QED) is 0.789. The standard InChI is InChI=1S/C23H29FN2O/c1-17-6-5-15-26(16-17)21-12-9-19(10-13-21)18(2)25-23(27)14-11-20-7-3-4-8-22(20)24/h3-4,7-10,12-13,17-18H,5-6,11,14-16H2,1-2H3,(H,25,27)/t17-,18+/m1/s1. The van der Waals surface area contributed by atoms with E-state index in [1.807, 2.05) is 6.92 Å². The number of piperidine rings is 1. The smallest absolute Gasteiger partial charge is 0.220 e. The largest absolute Gasteiger partial charge is 0.371 e. The SMILES string of the molecule is C[C@@H]1CCCN(c2ccc([C@H](C)NC(=O)CCc3ccccc3F)cc2)C1. The van der Waals surface area contributed by atoms with Crippen LogP contribution in [0.2, 0.25) is 0 Å². The first-order valence-electron chi connectivity index (χ1n) is 9.90. The first-order valence-corrected chi connectivity index (χ1v) is 9.90. The molecule has 1 N–H and O–H groups in total. The molecule has 2 aromatic rings. The first-order chi connectivity index (χ1) is 13.0. The minimum Gasteiger partial charge on any atom is -0.371 e. The average Bonchev–Trinajstić information content (AvgIpc) is 2.67. The lowest BCUT2D eigenvalue weighted by Crippen LogP contribution is -2.34. The lowest BCUT2D eigenvalue weighted by Gasteiger charge is -2.33. The van der Waals surface area contributed by atoms with Gasteiger partial charge in [-0.3, -0.25) is 4.79 Å². The van der Waals surface area contributed by atoms with Crippen molar-refractivity contribution in [2.45, 2.75) is 45.6 Å². The van der Waals surface area contributed by atoms with Gasteiger partial charge in [0.05, 0.1) is 6.04 Å². The molecule has 0 aliphatic carbocycles. The van der Waals surface area contributed by atoms with Crippen LogP contribution in [0.1, 0.15) is 50.3 Å². The summed E-state index contributed by atoms with van der Waals surface area (Å²) in [5.41, 5.74) is 2.92. The number of hydrogen-bond acceptors (Lipinski definition) is 2. The van der Waals surface area contributed by atoms with Gasteiger partial charge in [0.2, 0.25) is 5.91 Å². The molecule has 1 fully saturated rings. The summed E-state index contributed by atoms with van der Waals surface area (Å²) < 4.78 is 13.6. The molecule has 3 nitrogen and oxygen atoms in total. The number of carbonyl (C=O) groups excluding carboxylic acids is 1. The van der Waals surface area contributed by atoms with E-state index in [2.05, 4.69) is 41.4 Å². The maximum Gasteiger partial charge on any atom is 0.220 e. The summed E-state index contributed by atoms with van der Waals surface area (Å²) in [5, 5.41) is 3.02. The number of carbonyl (C=O) groups is 1. The second kappa shape index (κ2) is 9.03. The number of amides is 1. The van der Waals surface area contributed by atoms with E-state index < -0.39 is 0 Å². The highest BCUT2D eigenvalue weighted by Crippen LogP contribution is 2.24. The van der Waals surface area contributed by atoms with E-state index in [4.69, 9.17) is 0 Å². The van der Waals surface area contributed by atoms with E-state index in [0.717, 1.165) is 24.6 Å². The molecule has 0 saturated carbocycles. The minimum absolute atomic E-state index is 0.0558. The Kier molecular flexibility index (Phi) is 6.49. The molecule has 2 atom stereocenters. The van der Waals surface area contributed by atoms with E-state index in [0.29, 0.717) is 12.0 Å². The van der Waals surface area contributed by atoms with Crippen LogP contribution in [0.5, 0.6) is 0 Å². The molecule has 0 radical (unpaired) electrons. The summed E-state index contributed by atoms with van der Waals surface area (Å²) in [7, 11) is 0. The topological polar surface area (TPSA) is 32.3 Å².